The second-order valence-corrected chi connectivity index (χ2v) is 10.3. The average Bonchev–Trinajstić information content (AvgIpc) is 2.88. The minimum absolute atomic E-state index is 0.0546. The molecule has 0 bridgehead atoms. The molecule has 4 rings (SSSR count). The first-order chi connectivity index (χ1) is 15.9. The Bertz CT molecular complexity index is 1050. The fourth-order valence-electron chi connectivity index (χ4n) is 4.50. The third kappa shape index (κ3) is 5.09. The molecule has 2 saturated heterocycles. The van der Waals surface area contributed by atoms with Crippen LogP contribution < -0.4 is 14.4 Å². The van der Waals surface area contributed by atoms with Crippen LogP contribution in [0.2, 0.25) is 0 Å². The monoisotopic (exact) mass is 473 g/mol. The van der Waals surface area contributed by atoms with E-state index in [1.54, 1.807) is 38.5 Å². The molecule has 0 unspecified atom stereocenters. The third-order valence-electron chi connectivity index (χ3n) is 6.46. The SMILES string of the molecule is COc1ccc(N2CCN(C(=O)[C@@H]3CCCN(S(=O)(=O)c4ccc(OC)cc4)C3)CC2)cc1. The normalized spacial score (nSPS) is 19.9. The lowest BCUT2D eigenvalue weighted by molar-refractivity contribution is -0.137. The molecule has 0 radical (unpaired) electrons. The maximum Gasteiger partial charge on any atom is 0.243 e. The first kappa shape index (κ1) is 23.4. The Morgan fingerprint density at radius 2 is 1.42 bits per heavy atom. The molecule has 1 amide bonds. The van der Waals surface area contributed by atoms with Crippen LogP contribution in [0.4, 0.5) is 5.69 Å². The van der Waals surface area contributed by atoms with Gasteiger partial charge in [0.05, 0.1) is 25.0 Å². The van der Waals surface area contributed by atoms with Crippen molar-refractivity contribution in [3.8, 4) is 11.5 Å². The van der Waals surface area contributed by atoms with E-state index < -0.39 is 10.0 Å². The Balaban J connectivity index is 1.36. The van der Waals surface area contributed by atoms with Gasteiger partial charge in [0, 0.05) is 45.0 Å². The summed E-state index contributed by atoms with van der Waals surface area (Å²) in [5.74, 6) is 1.17. The number of rotatable bonds is 6. The summed E-state index contributed by atoms with van der Waals surface area (Å²) in [5.41, 5.74) is 1.11. The van der Waals surface area contributed by atoms with Gasteiger partial charge < -0.3 is 19.3 Å². The van der Waals surface area contributed by atoms with E-state index in [-0.39, 0.29) is 23.3 Å². The maximum atomic E-state index is 13.2. The Labute approximate surface area is 195 Å². The Morgan fingerprint density at radius 3 is 2.00 bits per heavy atom. The minimum atomic E-state index is -3.65. The lowest BCUT2D eigenvalue weighted by Gasteiger charge is -2.39. The number of anilines is 1. The third-order valence-corrected chi connectivity index (χ3v) is 8.34. The van der Waals surface area contributed by atoms with Gasteiger partial charge >= 0.3 is 0 Å². The number of sulfonamides is 1. The van der Waals surface area contributed by atoms with Crippen molar-refractivity contribution in [1.82, 2.24) is 9.21 Å². The van der Waals surface area contributed by atoms with Crippen molar-refractivity contribution in [2.45, 2.75) is 17.7 Å². The standard InChI is InChI=1S/C24H31N3O5S/c1-31-21-7-5-20(6-8-21)25-14-16-26(17-15-25)24(28)19-4-3-13-27(18-19)33(29,30)23-11-9-22(32-2)10-12-23/h5-12,19H,3-4,13-18H2,1-2H3/t19-/m1/s1. The van der Waals surface area contributed by atoms with Crippen LogP contribution >= 0.6 is 0 Å². The van der Waals surface area contributed by atoms with E-state index in [1.807, 2.05) is 29.2 Å². The van der Waals surface area contributed by atoms with E-state index >= 15 is 0 Å². The highest BCUT2D eigenvalue weighted by Gasteiger charge is 2.35. The van der Waals surface area contributed by atoms with Crippen molar-refractivity contribution in [1.29, 1.82) is 0 Å². The molecule has 8 nitrogen and oxygen atoms in total. The summed E-state index contributed by atoms with van der Waals surface area (Å²) in [7, 11) is -0.457. The molecule has 0 aromatic heterocycles. The highest BCUT2D eigenvalue weighted by Crippen LogP contribution is 2.27. The van der Waals surface area contributed by atoms with Gasteiger partial charge in [-0.2, -0.15) is 4.31 Å². The first-order valence-electron chi connectivity index (χ1n) is 11.2. The van der Waals surface area contributed by atoms with Crippen molar-refractivity contribution in [3.05, 3.63) is 48.5 Å². The van der Waals surface area contributed by atoms with Crippen LogP contribution in [0.3, 0.4) is 0 Å². The van der Waals surface area contributed by atoms with Gasteiger partial charge in [-0.1, -0.05) is 0 Å². The van der Waals surface area contributed by atoms with Gasteiger partial charge in [-0.15, -0.1) is 0 Å². The molecule has 0 aliphatic carbocycles. The summed E-state index contributed by atoms with van der Waals surface area (Å²) in [6, 6.07) is 14.3. The Kier molecular flexibility index (Phi) is 7.09. The van der Waals surface area contributed by atoms with Crippen LogP contribution in [0.25, 0.3) is 0 Å². The number of hydrogen-bond acceptors (Lipinski definition) is 6. The fraction of sp³-hybridized carbons (Fsp3) is 0.458. The molecule has 2 fully saturated rings. The molecule has 178 valence electrons. The number of piperidine rings is 1. The predicted molar refractivity (Wildman–Crippen MR) is 126 cm³/mol. The molecule has 1 atom stereocenters. The van der Waals surface area contributed by atoms with Crippen LogP contribution in [0, 0.1) is 5.92 Å². The molecular formula is C24H31N3O5S. The predicted octanol–water partition coefficient (Wildman–Crippen LogP) is 2.45. The molecule has 0 spiro atoms. The van der Waals surface area contributed by atoms with Gasteiger partial charge in [-0.25, -0.2) is 8.42 Å². The maximum absolute atomic E-state index is 13.2. The van der Waals surface area contributed by atoms with Crippen LogP contribution in [0.1, 0.15) is 12.8 Å². The lowest BCUT2D eigenvalue weighted by Crippen LogP contribution is -2.53. The number of methoxy groups -OCH3 is 2. The summed E-state index contributed by atoms with van der Waals surface area (Å²) < 4.78 is 38.0. The molecule has 33 heavy (non-hydrogen) atoms. The van der Waals surface area contributed by atoms with Crippen molar-refractivity contribution < 1.29 is 22.7 Å². The number of piperazine rings is 1. The highest BCUT2D eigenvalue weighted by molar-refractivity contribution is 7.89. The quantitative estimate of drug-likeness (QED) is 0.641. The van der Waals surface area contributed by atoms with Gasteiger partial charge in [0.15, 0.2) is 0 Å². The summed E-state index contributed by atoms with van der Waals surface area (Å²) in [6.07, 6.45) is 1.39. The fourth-order valence-corrected chi connectivity index (χ4v) is 6.02. The van der Waals surface area contributed by atoms with Crippen LogP contribution in [-0.4, -0.2) is 77.0 Å². The van der Waals surface area contributed by atoms with Crippen LogP contribution in [0.15, 0.2) is 53.4 Å². The zero-order valence-corrected chi connectivity index (χ0v) is 20.0. The zero-order valence-electron chi connectivity index (χ0n) is 19.1. The van der Waals surface area contributed by atoms with E-state index in [1.165, 1.54) is 4.31 Å². The average molecular weight is 474 g/mol. The Hall–Kier alpha value is -2.78. The first-order valence-corrected chi connectivity index (χ1v) is 12.7. The van der Waals surface area contributed by atoms with Gasteiger partial charge in [0.2, 0.25) is 15.9 Å². The number of nitrogens with zero attached hydrogens (tertiary/aromatic N) is 3. The molecule has 2 aliphatic heterocycles. The largest absolute Gasteiger partial charge is 0.497 e. The van der Waals surface area contributed by atoms with Gasteiger partial charge in [-0.3, -0.25) is 4.79 Å². The molecule has 0 N–H and O–H groups in total. The van der Waals surface area contributed by atoms with E-state index in [0.29, 0.717) is 38.2 Å². The molecule has 2 aliphatic rings. The molecule has 0 saturated carbocycles. The van der Waals surface area contributed by atoms with E-state index in [2.05, 4.69) is 4.90 Å². The molecule has 9 heteroatoms. The Morgan fingerprint density at radius 1 is 0.848 bits per heavy atom. The number of hydrogen-bond donors (Lipinski definition) is 0. The van der Waals surface area contributed by atoms with Crippen molar-refractivity contribution in [2.75, 3.05) is 58.4 Å². The second-order valence-electron chi connectivity index (χ2n) is 8.39. The lowest BCUT2D eigenvalue weighted by atomic mass is 9.97. The van der Waals surface area contributed by atoms with E-state index in [4.69, 9.17) is 9.47 Å². The second kappa shape index (κ2) is 10.0. The van der Waals surface area contributed by atoms with Gasteiger partial charge in [-0.05, 0) is 61.4 Å². The summed E-state index contributed by atoms with van der Waals surface area (Å²) >= 11 is 0. The van der Waals surface area contributed by atoms with E-state index in [9.17, 15) is 13.2 Å². The molecule has 2 aromatic rings. The molecule has 2 heterocycles. The number of carbonyl (C=O) groups excluding carboxylic acids is 1. The van der Waals surface area contributed by atoms with Crippen LogP contribution in [-0.2, 0) is 14.8 Å². The van der Waals surface area contributed by atoms with Crippen molar-refractivity contribution >= 4 is 21.6 Å². The van der Waals surface area contributed by atoms with Gasteiger partial charge in [0.25, 0.3) is 0 Å². The number of ether oxygens (including phenoxy) is 2. The summed E-state index contributed by atoms with van der Waals surface area (Å²) in [5, 5.41) is 0. The van der Waals surface area contributed by atoms with Crippen molar-refractivity contribution in [2.24, 2.45) is 5.92 Å². The number of benzene rings is 2. The van der Waals surface area contributed by atoms with E-state index in [0.717, 1.165) is 24.5 Å². The number of amides is 1. The van der Waals surface area contributed by atoms with Crippen LogP contribution in [0.5, 0.6) is 11.5 Å². The number of carbonyl (C=O) groups is 1. The van der Waals surface area contributed by atoms with Gasteiger partial charge in [0.1, 0.15) is 11.5 Å². The minimum Gasteiger partial charge on any atom is -0.497 e. The molecular weight excluding hydrogens is 442 g/mol. The summed E-state index contributed by atoms with van der Waals surface area (Å²) in [6.45, 7) is 3.42. The molecule has 2 aromatic carbocycles. The topological polar surface area (TPSA) is 79.4 Å². The smallest absolute Gasteiger partial charge is 0.243 e. The van der Waals surface area contributed by atoms with Crippen molar-refractivity contribution in [3.63, 3.8) is 0 Å². The summed E-state index contributed by atoms with van der Waals surface area (Å²) in [4.78, 5) is 17.6. The zero-order chi connectivity index (χ0) is 23.4. The highest BCUT2D eigenvalue weighted by atomic mass is 32.2.